The van der Waals surface area contributed by atoms with E-state index < -0.39 is 0 Å². The van der Waals surface area contributed by atoms with Crippen LogP contribution >= 0.6 is 23.2 Å². The van der Waals surface area contributed by atoms with Gasteiger partial charge in [0.25, 0.3) is 0 Å². The highest BCUT2D eigenvalue weighted by Gasteiger charge is 2.13. The maximum Gasteiger partial charge on any atom is 0.161 e. The van der Waals surface area contributed by atoms with E-state index in [1.165, 1.54) is 0 Å². The summed E-state index contributed by atoms with van der Waals surface area (Å²) >= 11 is 12.1. The van der Waals surface area contributed by atoms with E-state index in [1.807, 2.05) is 13.0 Å². The molecule has 2 aromatic rings. The Hall–Kier alpha value is -2.35. The molecule has 0 unspecified atom stereocenters. The lowest BCUT2D eigenvalue weighted by Gasteiger charge is -2.14. The number of methoxy groups -OCH3 is 2. The molecule has 0 aliphatic heterocycles. The molecule has 0 aromatic heterocycles. The zero-order valence-electron chi connectivity index (χ0n) is 14.8. The summed E-state index contributed by atoms with van der Waals surface area (Å²) in [5.74, 6) is 1.69. The molecule has 0 spiro atoms. The molecule has 0 heterocycles. The van der Waals surface area contributed by atoms with Crippen molar-refractivity contribution >= 4 is 28.8 Å². The predicted octanol–water partition coefficient (Wildman–Crippen LogP) is 5.87. The molecule has 0 saturated carbocycles. The Balaban J connectivity index is 2.29. The van der Waals surface area contributed by atoms with Gasteiger partial charge in [0.15, 0.2) is 11.5 Å². The Morgan fingerprint density at radius 3 is 2.42 bits per heavy atom. The van der Waals surface area contributed by atoms with Crippen molar-refractivity contribution in [2.75, 3.05) is 14.2 Å². The van der Waals surface area contributed by atoms with E-state index in [1.54, 1.807) is 44.6 Å². The number of nitriles is 1. The number of nitrogens with zero attached hydrogens (tertiary/aromatic N) is 1. The average Bonchev–Trinajstić information content (AvgIpc) is 2.65. The minimum Gasteiger partial charge on any atom is -0.500 e. The second-order valence-corrected chi connectivity index (χ2v) is 6.20. The number of hydrogen-bond donors (Lipinski definition) is 0. The summed E-state index contributed by atoms with van der Waals surface area (Å²) in [6, 6.07) is 12.7. The molecule has 0 amide bonds. The Morgan fingerprint density at radius 2 is 1.85 bits per heavy atom. The van der Waals surface area contributed by atoms with Gasteiger partial charge in [-0.25, -0.2) is 0 Å². The monoisotopic (exact) mass is 391 g/mol. The largest absolute Gasteiger partial charge is 0.500 e. The van der Waals surface area contributed by atoms with Gasteiger partial charge in [-0.05, 0) is 35.9 Å². The lowest BCUT2D eigenvalue weighted by Crippen LogP contribution is -2.00. The molecule has 0 radical (unpaired) electrons. The fourth-order valence-electron chi connectivity index (χ4n) is 2.45. The number of benzene rings is 2. The highest BCUT2D eigenvalue weighted by molar-refractivity contribution is 6.35. The molecule has 0 bridgehead atoms. The molecular formula is C20H19Cl2NO3. The smallest absolute Gasteiger partial charge is 0.161 e. The van der Waals surface area contributed by atoms with Gasteiger partial charge in [0.05, 0.1) is 19.8 Å². The first-order valence-corrected chi connectivity index (χ1v) is 8.72. The van der Waals surface area contributed by atoms with E-state index in [-0.39, 0.29) is 6.61 Å². The third-order valence-electron chi connectivity index (χ3n) is 3.81. The maximum absolute atomic E-state index is 9.46. The zero-order valence-corrected chi connectivity index (χ0v) is 16.3. The fourth-order valence-corrected chi connectivity index (χ4v) is 2.91. The van der Waals surface area contributed by atoms with E-state index in [0.29, 0.717) is 44.9 Å². The van der Waals surface area contributed by atoms with Crippen LogP contribution in [-0.2, 0) is 11.3 Å². The van der Waals surface area contributed by atoms with Crippen LogP contribution in [0.2, 0.25) is 10.0 Å². The molecule has 0 aliphatic carbocycles. The summed E-state index contributed by atoms with van der Waals surface area (Å²) in [5, 5.41) is 10.6. The molecule has 0 saturated heterocycles. The summed E-state index contributed by atoms with van der Waals surface area (Å²) < 4.78 is 16.5. The number of rotatable bonds is 7. The van der Waals surface area contributed by atoms with Crippen LogP contribution in [0.25, 0.3) is 5.57 Å². The summed E-state index contributed by atoms with van der Waals surface area (Å²) in [5.41, 5.74) is 1.99. The number of halogens is 2. The van der Waals surface area contributed by atoms with Crippen molar-refractivity contribution in [1.29, 1.82) is 5.26 Å². The SMILES string of the molecule is CC/C(OC)=C(\C#N)c1ccc(OCc2ccc(Cl)cc2Cl)c(OC)c1. The van der Waals surface area contributed by atoms with Crippen LogP contribution < -0.4 is 9.47 Å². The van der Waals surface area contributed by atoms with Gasteiger partial charge in [-0.2, -0.15) is 5.26 Å². The molecule has 0 aliphatic rings. The van der Waals surface area contributed by atoms with Gasteiger partial charge in [0, 0.05) is 22.0 Å². The Labute approximate surface area is 163 Å². The van der Waals surface area contributed by atoms with Crippen LogP contribution in [0, 0.1) is 11.3 Å². The zero-order chi connectivity index (χ0) is 19.1. The van der Waals surface area contributed by atoms with E-state index in [0.717, 1.165) is 5.56 Å². The molecule has 0 fully saturated rings. The van der Waals surface area contributed by atoms with Gasteiger partial charge in [-0.1, -0.05) is 36.2 Å². The van der Waals surface area contributed by atoms with Crippen LogP contribution in [0.4, 0.5) is 0 Å². The molecule has 136 valence electrons. The van der Waals surface area contributed by atoms with Crippen molar-refractivity contribution in [3.8, 4) is 17.6 Å². The molecule has 6 heteroatoms. The van der Waals surface area contributed by atoms with Gasteiger partial charge < -0.3 is 14.2 Å². The summed E-state index contributed by atoms with van der Waals surface area (Å²) in [4.78, 5) is 0. The van der Waals surface area contributed by atoms with E-state index in [2.05, 4.69) is 6.07 Å². The highest BCUT2D eigenvalue weighted by Crippen LogP contribution is 2.33. The first-order chi connectivity index (χ1) is 12.5. The Kier molecular flexibility index (Phi) is 7.20. The normalized spacial score (nSPS) is 11.4. The minimum atomic E-state index is 0.269. The van der Waals surface area contributed by atoms with Crippen molar-refractivity contribution in [3.63, 3.8) is 0 Å². The third-order valence-corrected chi connectivity index (χ3v) is 4.40. The first kappa shape index (κ1) is 20.0. The van der Waals surface area contributed by atoms with Gasteiger partial charge in [-0.3, -0.25) is 0 Å². The maximum atomic E-state index is 9.46. The quantitative estimate of drug-likeness (QED) is 0.437. The summed E-state index contributed by atoms with van der Waals surface area (Å²) in [7, 11) is 3.11. The molecule has 4 nitrogen and oxygen atoms in total. The number of ether oxygens (including phenoxy) is 3. The minimum absolute atomic E-state index is 0.269. The summed E-state index contributed by atoms with van der Waals surface area (Å²) in [6.45, 7) is 2.20. The Morgan fingerprint density at radius 1 is 1.08 bits per heavy atom. The molecule has 2 aromatic carbocycles. The molecular weight excluding hydrogens is 373 g/mol. The topological polar surface area (TPSA) is 51.5 Å². The van der Waals surface area contributed by atoms with E-state index in [4.69, 9.17) is 37.4 Å². The van der Waals surface area contributed by atoms with E-state index in [9.17, 15) is 5.26 Å². The summed E-state index contributed by atoms with van der Waals surface area (Å²) in [6.07, 6.45) is 0.620. The fraction of sp³-hybridized carbons (Fsp3) is 0.250. The standard InChI is InChI=1S/C20H19Cl2NO3/c1-4-18(24-2)16(11-23)13-6-8-19(20(9-13)25-3)26-12-14-5-7-15(21)10-17(14)22/h5-10H,4,12H2,1-3H3/b18-16-. The van der Waals surface area contributed by atoms with Gasteiger partial charge in [-0.15, -0.1) is 0 Å². The van der Waals surface area contributed by atoms with E-state index >= 15 is 0 Å². The van der Waals surface area contributed by atoms with Crippen molar-refractivity contribution in [2.24, 2.45) is 0 Å². The molecule has 0 N–H and O–H groups in total. The van der Waals surface area contributed by atoms with Crippen molar-refractivity contribution < 1.29 is 14.2 Å². The average molecular weight is 392 g/mol. The predicted molar refractivity (Wildman–Crippen MR) is 104 cm³/mol. The van der Waals surface area contributed by atoms with Crippen LogP contribution in [0.5, 0.6) is 11.5 Å². The molecule has 0 atom stereocenters. The second-order valence-electron chi connectivity index (χ2n) is 5.36. The van der Waals surface area contributed by atoms with Crippen molar-refractivity contribution in [3.05, 3.63) is 63.3 Å². The van der Waals surface area contributed by atoms with Crippen LogP contribution in [0.3, 0.4) is 0 Å². The number of hydrogen-bond acceptors (Lipinski definition) is 4. The lowest BCUT2D eigenvalue weighted by atomic mass is 10.0. The van der Waals surface area contributed by atoms with Crippen molar-refractivity contribution in [2.45, 2.75) is 20.0 Å². The first-order valence-electron chi connectivity index (χ1n) is 7.96. The second kappa shape index (κ2) is 9.38. The van der Waals surface area contributed by atoms with Gasteiger partial charge in [0.2, 0.25) is 0 Å². The van der Waals surface area contributed by atoms with Gasteiger partial charge in [0.1, 0.15) is 18.4 Å². The highest BCUT2D eigenvalue weighted by atomic mass is 35.5. The van der Waals surface area contributed by atoms with Crippen molar-refractivity contribution in [1.82, 2.24) is 0 Å². The molecule has 2 rings (SSSR count). The third kappa shape index (κ3) is 4.63. The Bertz CT molecular complexity index is 851. The van der Waals surface area contributed by atoms with Gasteiger partial charge >= 0.3 is 0 Å². The van der Waals surface area contributed by atoms with Crippen LogP contribution in [0.15, 0.2) is 42.2 Å². The molecule has 26 heavy (non-hydrogen) atoms. The van der Waals surface area contributed by atoms with Crippen LogP contribution in [0.1, 0.15) is 24.5 Å². The number of allylic oxidation sites excluding steroid dienone is 2. The van der Waals surface area contributed by atoms with Crippen LogP contribution in [-0.4, -0.2) is 14.2 Å². The lowest BCUT2D eigenvalue weighted by molar-refractivity contribution is 0.282.